The fraction of sp³-hybridized carbons (Fsp3) is 0.375. The Morgan fingerprint density at radius 2 is 1.87 bits per heavy atom. The minimum Gasteiger partial charge on any atom is -0.481 e. The summed E-state index contributed by atoms with van der Waals surface area (Å²) in [7, 11) is 0. The van der Waals surface area contributed by atoms with Gasteiger partial charge in [0, 0.05) is 6.54 Å². The summed E-state index contributed by atoms with van der Waals surface area (Å²) in [4.78, 5) is 23.8. The van der Waals surface area contributed by atoms with Gasteiger partial charge in [-0.15, -0.1) is 0 Å². The molecule has 7 nitrogen and oxygen atoms in total. The molecule has 0 radical (unpaired) electrons. The van der Waals surface area contributed by atoms with E-state index in [0.29, 0.717) is 18.0 Å². The van der Waals surface area contributed by atoms with Crippen molar-refractivity contribution in [3.05, 3.63) is 35.9 Å². The lowest BCUT2D eigenvalue weighted by atomic mass is 9.82. The van der Waals surface area contributed by atoms with Crippen LogP contribution in [0.2, 0.25) is 0 Å². The fourth-order valence-electron chi connectivity index (χ4n) is 3.27. The smallest absolute Gasteiger partial charge is 0.310 e. The molecule has 4 rings (SSSR count). The molecule has 120 valence electrons. The average Bonchev–Trinajstić information content (AvgIpc) is 3.25. The number of benzene rings is 1. The zero-order chi connectivity index (χ0) is 16.0. The molecule has 4 atom stereocenters. The van der Waals surface area contributed by atoms with Crippen molar-refractivity contribution in [3.63, 3.8) is 0 Å². The van der Waals surface area contributed by atoms with Crippen LogP contribution in [0.1, 0.15) is 5.56 Å². The van der Waals surface area contributed by atoms with Gasteiger partial charge in [0.15, 0.2) is 11.5 Å². The molecule has 1 saturated heterocycles. The largest absolute Gasteiger partial charge is 0.481 e. The average molecular weight is 317 g/mol. The molecule has 2 N–H and O–H groups in total. The maximum absolute atomic E-state index is 12.4. The first-order valence-corrected chi connectivity index (χ1v) is 7.36. The summed E-state index contributed by atoms with van der Waals surface area (Å²) in [6.45, 7) is 0.486. The zero-order valence-electron chi connectivity index (χ0n) is 12.1. The van der Waals surface area contributed by atoms with Crippen LogP contribution >= 0.6 is 0 Å². The van der Waals surface area contributed by atoms with Crippen LogP contribution in [-0.2, 0) is 20.9 Å². The zero-order valence-corrected chi connectivity index (χ0v) is 12.1. The molecular formula is C16H15NO6. The summed E-state index contributed by atoms with van der Waals surface area (Å²) in [6, 6.07) is 5.42. The van der Waals surface area contributed by atoms with Gasteiger partial charge in [0.05, 0.1) is 18.1 Å². The molecular weight excluding hydrogens is 302 g/mol. The fourth-order valence-corrected chi connectivity index (χ4v) is 3.27. The van der Waals surface area contributed by atoms with E-state index in [1.165, 1.54) is 0 Å². The summed E-state index contributed by atoms with van der Waals surface area (Å²) in [5.41, 5.74) is 0.856. The van der Waals surface area contributed by atoms with Crippen LogP contribution in [0.15, 0.2) is 30.4 Å². The third-order valence-electron chi connectivity index (χ3n) is 4.39. The Labute approximate surface area is 131 Å². The maximum atomic E-state index is 12.4. The molecule has 0 aromatic heterocycles. The Bertz CT molecular complexity index is 700. The second-order valence-electron chi connectivity index (χ2n) is 5.75. The van der Waals surface area contributed by atoms with Crippen LogP contribution in [0.25, 0.3) is 0 Å². The van der Waals surface area contributed by atoms with Crippen LogP contribution in [0.3, 0.4) is 0 Å². The summed E-state index contributed by atoms with van der Waals surface area (Å²) in [5.74, 6) is -1.53. The van der Waals surface area contributed by atoms with Crippen molar-refractivity contribution in [1.82, 2.24) is 5.32 Å². The van der Waals surface area contributed by atoms with E-state index in [2.05, 4.69) is 5.32 Å². The van der Waals surface area contributed by atoms with Gasteiger partial charge in [0.1, 0.15) is 5.92 Å². The van der Waals surface area contributed by atoms with E-state index in [0.717, 1.165) is 5.56 Å². The lowest BCUT2D eigenvalue weighted by molar-refractivity contribution is -0.146. The van der Waals surface area contributed by atoms with Gasteiger partial charge < -0.3 is 24.6 Å². The van der Waals surface area contributed by atoms with E-state index >= 15 is 0 Å². The van der Waals surface area contributed by atoms with E-state index in [4.69, 9.17) is 14.2 Å². The summed E-state index contributed by atoms with van der Waals surface area (Å²) >= 11 is 0. The minimum absolute atomic E-state index is 0.195. The molecule has 1 amide bonds. The van der Waals surface area contributed by atoms with Crippen molar-refractivity contribution in [1.29, 1.82) is 0 Å². The molecule has 2 bridgehead atoms. The molecule has 0 aliphatic carbocycles. The van der Waals surface area contributed by atoms with Gasteiger partial charge in [0.2, 0.25) is 12.7 Å². The number of aliphatic carboxylic acids is 1. The Balaban J connectivity index is 1.44. The highest BCUT2D eigenvalue weighted by Crippen LogP contribution is 2.39. The first-order valence-electron chi connectivity index (χ1n) is 7.36. The number of rotatable bonds is 4. The number of ether oxygens (including phenoxy) is 3. The highest BCUT2D eigenvalue weighted by atomic mass is 16.7. The van der Waals surface area contributed by atoms with Gasteiger partial charge in [-0.2, -0.15) is 0 Å². The molecule has 0 unspecified atom stereocenters. The van der Waals surface area contributed by atoms with Crippen LogP contribution in [0.4, 0.5) is 0 Å². The number of amides is 1. The Morgan fingerprint density at radius 3 is 2.65 bits per heavy atom. The van der Waals surface area contributed by atoms with Gasteiger partial charge in [-0.1, -0.05) is 18.2 Å². The molecule has 23 heavy (non-hydrogen) atoms. The van der Waals surface area contributed by atoms with Gasteiger partial charge in [-0.25, -0.2) is 0 Å². The number of hydrogen-bond acceptors (Lipinski definition) is 5. The number of carbonyl (C=O) groups excluding carboxylic acids is 1. The van der Waals surface area contributed by atoms with E-state index in [9.17, 15) is 14.7 Å². The first kappa shape index (κ1) is 14.1. The van der Waals surface area contributed by atoms with Crippen molar-refractivity contribution in [3.8, 4) is 11.5 Å². The van der Waals surface area contributed by atoms with Crippen molar-refractivity contribution in [2.45, 2.75) is 18.8 Å². The molecule has 0 spiro atoms. The highest BCUT2D eigenvalue weighted by Gasteiger charge is 2.53. The molecule has 7 heteroatoms. The SMILES string of the molecule is O=C(O)[C@@H]1[C@@H](C(=O)NCc2ccc3c(c2)OCO3)[C@@H]2C=C[C@@H]1O2. The van der Waals surface area contributed by atoms with Crippen molar-refractivity contribution >= 4 is 11.9 Å². The molecule has 0 saturated carbocycles. The standard InChI is InChI=1S/C16H15NO6/c18-15(13-10-3-4-11(23-10)14(13)16(19)20)17-6-8-1-2-9-12(5-8)22-7-21-9/h1-5,10-11,13-14H,6-7H2,(H,17,18)(H,19,20)/t10-,11-,13-,14-/m0/s1. The van der Waals surface area contributed by atoms with Crippen molar-refractivity contribution < 1.29 is 28.9 Å². The van der Waals surface area contributed by atoms with Crippen molar-refractivity contribution in [2.75, 3.05) is 6.79 Å². The van der Waals surface area contributed by atoms with Crippen LogP contribution < -0.4 is 14.8 Å². The predicted molar refractivity (Wildman–Crippen MR) is 76.8 cm³/mol. The Hall–Kier alpha value is -2.54. The molecule has 3 aliphatic heterocycles. The van der Waals surface area contributed by atoms with Gasteiger partial charge >= 0.3 is 5.97 Å². The van der Waals surface area contributed by atoms with Gasteiger partial charge in [-0.3, -0.25) is 9.59 Å². The lowest BCUT2D eigenvalue weighted by Crippen LogP contribution is -2.42. The highest BCUT2D eigenvalue weighted by molar-refractivity contribution is 5.87. The third-order valence-corrected chi connectivity index (χ3v) is 4.39. The number of hydrogen-bond donors (Lipinski definition) is 2. The molecule has 3 heterocycles. The summed E-state index contributed by atoms with van der Waals surface area (Å²) in [6.07, 6.45) is 2.50. The summed E-state index contributed by atoms with van der Waals surface area (Å²) < 4.78 is 16.0. The number of carboxylic acid groups (broad SMARTS) is 1. The van der Waals surface area contributed by atoms with Gasteiger partial charge in [-0.05, 0) is 17.7 Å². The Morgan fingerprint density at radius 1 is 1.13 bits per heavy atom. The molecule has 1 fully saturated rings. The normalized spacial score (nSPS) is 29.7. The number of carboxylic acids is 1. The molecule has 1 aromatic carbocycles. The van der Waals surface area contributed by atoms with Crippen molar-refractivity contribution in [2.24, 2.45) is 11.8 Å². The van der Waals surface area contributed by atoms with E-state index < -0.39 is 30.0 Å². The summed E-state index contributed by atoms with van der Waals surface area (Å²) in [5, 5.41) is 12.1. The quantitative estimate of drug-likeness (QED) is 0.793. The number of nitrogens with one attached hydrogen (secondary N) is 1. The second kappa shape index (κ2) is 5.27. The predicted octanol–water partition coefficient (Wildman–Crippen LogP) is 0.686. The number of carbonyl (C=O) groups is 2. The van der Waals surface area contributed by atoms with E-state index in [1.54, 1.807) is 24.3 Å². The topological polar surface area (TPSA) is 94.1 Å². The minimum atomic E-state index is -1.01. The number of fused-ring (bicyclic) bond motifs is 3. The molecule has 3 aliphatic rings. The van der Waals surface area contributed by atoms with Crippen LogP contribution in [0.5, 0.6) is 11.5 Å². The van der Waals surface area contributed by atoms with Gasteiger partial charge in [0.25, 0.3) is 0 Å². The monoisotopic (exact) mass is 317 g/mol. The van der Waals surface area contributed by atoms with E-state index in [1.807, 2.05) is 6.07 Å². The van der Waals surface area contributed by atoms with Crippen LogP contribution in [-0.4, -0.2) is 36.0 Å². The first-order chi connectivity index (χ1) is 11.1. The second-order valence-corrected chi connectivity index (χ2v) is 5.75. The lowest BCUT2D eigenvalue weighted by Gasteiger charge is -2.21. The molecule has 1 aromatic rings. The van der Waals surface area contributed by atoms with E-state index in [-0.39, 0.29) is 12.7 Å². The Kier molecular flexibility index (Phi) is 3.23. The maximum Gasteiger partial charge on any atom is 0.310 e. The van der Waals surface area contributed by atoms with Crippen LogP contribution in [0, 0.1) is 11.8 Å². The third kappa shape index (κ3) is 2.33.